The normalized spacial score (nSPS) is 17.0. The van der Waals surface area contributed by atoms with Gasteiger partial charge in [0, 0.05) is 43.2 Å². The highest BCUT2D eigenvalue weighted by Gasteiger charge is 2.35. The van der Waals surface area contributed by atoms with E-state index in [1.54, 1.807) is 40.6 Å². The third-order valence-electron chi connectivity index (χ3n) is 4.06. The maximum absolute atomic E-state index is 12.3. The van der Waals surface area contributed by atoms with Gasteiger partial charge in [0.05, 0.1) is 23.1 Å². The van der Waals surface area contributed by atoms with E-state index in [4.69, 9.17) is 16.3 Å². The first-order valence-electron chi connectivity index (χ1n) is 7.88. The quantitative estimate of drug-likeness (QED) is 0.837. The standard InChI is InChI=1S/C17H18ClN3O3S/c1-24-14-3-2-12(9-13(14)18)21-10-11(8-16(21)22)17(23)20-5-4-15-19-6-7-25-15/h2-3,6-7,9,11H,4-5,8,10H2,1H3,(H,20,23)/t11-/m1/s1. The molecule has 25 heavy (non-hydrogen) atoms. The average Bonchev–Trinajstić information content (AvgIpc) is 3.24. The summed E-state index contributed by atoms with van der Waals surface area (Å²) in [4.78, 5) is 30.4. The van der Waals surface area contributed by atoms with Crippen LogP contribution in [0.25, 0.3) is 0 Å². The second-order valence-corrected chi connectivity index (χ2v) is 7.08. The molecule has 2 amide bonds. The Morgan fingerprint density at radius 3 is 3.04 bits per heavy atom. The fourth-order valence-electron chi connectivity index (χ4n) is 2.77. The Kier molecular flexibility index (Phi) is 5.55. The highest BCUT2D eigenvalue weighted by Crippen LogP contribution is 2.32. The lowest BCUT2D eigenvalue weighted by molar-refractivity contribution is -0.126. The number of carbonyl (C=O) groups is 2. The smallest absolute Gasteiger partial charge is 0.227 e. The van der Waals surface area contributed by atoms with Crippen molar-refractivity contribution in [1.82, 2.24) is 10.3 Å². The molecule has 0 spiro atoms. The first-order chi connectivity index (χ1) is 12.1. The molecule has 8 heteroatoms. The zero-order chi connectivity index (χ0) is 17.8. The van der Waals surface area contributed by atoms with Crippen LogP contribution in [0.2, 0.25) is 5.02 Å². The number of nitrogens with zero attached hydrogens (tertiary/aromatic N) is 2. The molecule has 0 radical (unpaired) electrons. The molecule has 0 aliphatic carbocycles. The highest BCUT2D eigenvalue weighted by molar-refractivity contribution is 7.09. The van der Waals surface area contributed by atoms with Gasteiger partial charge in [-0.05, 0) is 18.2 Å². The summed E-state index contributed by atoms with van der Waals surface area (Å²) in [6.07, 6.45) is 2.64. The van der Waals surface area contributed by atoms with Gasteiger partial charge in [-0.2, -0.15) is 0 Å². The minimum atomic E-state index is -0.357. The van der Waals surface area contributed by atoms with Crippen molar-refractivity contribution in [2.75, 3.05) is 25.1 Å². The molecule has 6 nitrogen and oxygen atoms in total. The predicted molar refractivity (Wildman–Crippen MR) is 97.3 cm³/mol. The second kappa shape index (κ2) is 7.84. The largest absolute Gasteiger partial charge is 0.495 e. The van der Waals surface area contributed by atoms with E-state index in [1.807, 2.05) is 5.38 Å². The monoisotopic (exact) mass is 379 g/mol. The van der Waals surface area contributed by atoms with E-state index in [2.05, 4.69) is 10.3 Å². The number of carbonyl (C=O) groups excluding carboxylic acids is 2. The van der Waals surface area contributed by atoms with Crippen LogP contribution in [0.1, 0.15) is 11.4 Å². The predicted octanol–water partition coefficient (Wildman–Crippen LogP) is 2.52. The summed E-state index contributed by atoms with van der Waals surface area (Å²) in [7, 11) is 1.54. The summed E-state index contributed by atoms with van der Waals surface area (Å²) < 4.78 is 5.12. The van der Waals surface area contributed by atoms with E-state index in [0.29, 0.717) is 36.0 Å². The van der Waals surface area contributed by atoms with Crippen molar-refractivity contribution in [2.45, 2.75) is 12.8 Å². The van der Waals surface area contributed by atoms with E-state index in [1.165, 1.54) is 7.11 Å². The molecule has 1 aromatic heterocycles. The van der Waals surface area contributed by atoms with Gasteiger partial charge in [0.2, 0.25) is 11.8 Å². The Hall–Kier alpha value is -2.12. The first kappa shape index (κ1) is 17.7. The molecular formula is C17H18ClN3O3S. The topological polar surface area (TPSA) is 71.5 Å². The van der Waals surface area contributed by atoms with Crippen LogP contribution in [0.3, 0.4) is 0 Å². The molecular weight excluding hydrogens is 362 g/mol. The van der Waals surface area contributed by atoms with E-state index in [9.17, 15) is 9.59 Å². The number of thiazole rings is 1. The van der Waals surface area contributed by atoms with Crippen molar-refractivity contribution in [3.8, 4) is 5.75 Å². The summed E-state index contributed by atoms with van der Waals surface area (Å²) in [5.41, 5.74) is 0.675. The molecule has 2 aromatic rings. The molecule has 1 aliphatic heterocycles. The lowest BCUT2D eigenvalue weighted by Gasteiger charge is -2.17. The van der Waals surface area contributed by atoms with Crippen molar-refractivity contribution in [1.29, 1.82) is 0 Å². The Balaban J connectivity index is 1.58. The summed E-state index contributed by atoms with van der Waals surface area (Å²) in [6.45, 7) is 0.871. The summed E-state index contributed by atoms with van der Waals surface area (Å²) in [5, 5.41) is 6.21. The minimum absolute atomic E-state index is 0.0821. The fourth-order valence-corrected chi connectivity index (χ4v) is 3.64. The number of halogens is 1. The van der Waals surface area contributed by atoms with Crippen molar-refractivity contribution < 1.29 is 14.3 Å². The van der Waals surface area contributed by atoms with Gasteiger partial charge in [-0.3, -0.25) is 9.59 Å². The van der Waals surface area contributed by atoms with Gasteiger partial charge in [-0.25, -0.2) is 4.98 Å². The minimum Gasteiger partial charge on any atom is -0.495 e. The van der Waals surface area contributed by atoms with Crippen molar-refractivity contribution in [3.05, 3.63) is 39.8 Å². The van der Waals surface area contributed by atoms with Crippen molar-refractivity contribution >= 4 is 40.4 Å². The number of hydrogen-bond acceptors (Lipinski definition) is 5. The fraction of sp³-hybridized carbons (Fsp3) is 0.353. The number of nitrogens with one attached hydrogen (secondary N) is 1. The maximum atomic E-state index is 12.3. The molecule has 1 N–H and O–H groups in total. The number of hydrogen-bond donors (Lipinski definition) is 1. The molecule has 0 bridgehead atoms. The van der Waals surface area contributed by atoms with Gasteiger partial charge >= 0.3 is 0 Å². The molecule has 0 saturated carbocycles. The SMILES string of the molecule is COc1ccc(N2C[C@H](C(=O)NCCc3nccs3)CC2=O)cc1Cl. The van der Waals surface area contributed by atoms with Crippen LogP contribution in [0.5, 0.6) is 5.75 Å². The van der Waals surface area contributed by atoms with Gasteiger partial charge in [0.15, 0.2) is 0 Å². The van der Waals surface area contributed by atoms with Gasteiger partial charge in [0.1, 0.15) is 5.75 Å². The number of methoxy groups -OCH3 is 1. The highest BCUT2D eigenvalue weighted by atomic mass is 35.5. The van der Waals surface area contributed by atoms with E-state index < -0.39 is 0 Å². The molecule has 1 aliphatic rings. The molecule has 0 unspecified atom stereocenters. The van der Waals surface area contributed by atoms with Crippen LogP contribution in [-0.4, -0.2) is 37.0 Å². The number of anilines is 1. The van der Waals surface area contributed by atoms with Gasteiger partial charge in [-0.1, -0.05) is 11.6 Å². The molecule has 1 aromatic carbocycles. The van der Waals surface area contributed by atoms with Crippen LogP contribution in [-0.2, 0) is 16.0 Å². The third kappa shape index (κ3) is 4.11. The second-order valence-electron chi connectivity index (χ2n) is 5.69. The van der Waals surface area contributed by atoms with E-state index in [0.717, 1.165) is 5.01 Å². The molecule has 2 heterocycles. The number of benzene rings is 1. The lowest BCUT2D eigenvalue weighted by Crippen LogP contribution is -2.34. The van der Waals surface area contributed by atoms with E-state index in [-0.39, 0.29) is 24.2 Å². The van der Waals surface area contributed by atoms with Crippen molar-refractivity contribution in [2.24, 2.45) is 5.92 Å². The Labute approximate surface area is 154 Å². The summed E-state index contributed by atoms with van der Waals surface area (Å²) in [6, 6.07) is 5.17. The van der Waals surface area contributed by atoms with Gasteiger partial charge in [0.25, 0.3) is 0 Å². The first-order valence-corrected chi connectivity index (χ1v) is 9.14. The van der Waals surface area contributed by atoms with Crippen LogP contribution < -0.4 is 15.0 Å². The number of aromatic nitrogens is 1. The third-order valence-corrected chi connectivity index (χ3v) is 5.20. The number of ether oxygens (including phenoxy) is 1. The Bertz CT molecular complexity index is 767. The zero-order valence-corrected chi connectivity index (χ0v) is 15.3. The van der Waals surface area contributed by atoms with Gasteiger partial charge < -0.3 is 15.0 Å². The number of amides is 2. The molecule has 1 saturated heterocycles. The molecule has 1 fully saturated rings. The Morgan fingerprint density at radius 2 is 2.36 bits per heavy atom. The summed E-state index contributed by atoms with van der Waals surface area (Å²) in [5.74, 6) is 0.00605. The van der Waals surface area contributed by atoms with Gasteiger partial charge in [-0.15, -0.1) is 11.3 Å². The Morgan fingerprint density at radius 1 is 1.52 bits per heavy atom. The van der Waals surface area contributed by atoms with Crippen LogP contribution in [0, 0.1) is 5.92 Å². The summed E-state index contributed by atoms with van der Waals surface area (Å²) >= 11 is 7.69. The molecule has 3 rings (SSSR count). The average molecular weight is 380 g/mol. The van der Waals surface area contributed by atoms with Crippen LogP contribution in [0.15, 0.2) is 29.8 Å². The maximum Gasteiger partial charge on any atom is 0.227 e. The van der Waals surface area contributed by atoms with Crippen molar-refractivity contribution in [3.63, 3.8) is 0 Å². The van der Waals surface area contributed by atoms with Crippen LogP contribution in [0.4, 0.5) is 5.69 Å². The molecule has 1 atom stereocenters. The lowest BCUT2D eigenvalue weighted by atomic mass is 10.1. The number of rotatable bonds is 6. The zero-order valence-electron chi connectivity index (χ0n) is 13.7. The van der Waals surface area contributed by atoms with Crippen LogP contribution >= 0.6 is 22.9 Å². The molecule has 132 valence electrons. The van der Waals surface area contributed by atoms with E-state index >= 15 is 0 Å².